The molecule has 8 atom stereocenters. The summed E-state index contributed by atoms with van der Waals surface area (Å²) in [5.41, 5.74) is 5.27. The van der Waals surface area contributed by atoms with Crippen LogP contribution in [0.5, 0.6) is 0 Å². The first kappa shape index (κ1) is 24.2. The van der Waals surface area contributed by atoms with Crippen LogP contribution in [0.1, 0.15) is 82.9 Å². The zero-order chi connectivity index (χ0) is 25.5. The number of hydrogen-bond donors (Lipinski definition) is 0. The third kappa shape index (κ3) is 3.46. The van der Waals surface area contributed by atoms with Crippen LogP contribution in [0.25, 0.3) is 6.08 Å². The van der Waals surface area contributed by atoms with Gasteiger partial charge in [-0.3, -0.25) is 4.79 Å². The molecule has 1 saturated heterocycles. The highest BCUT2D eigenvalue weighted by Crippen LogP contribution is 2.68. The lowest BCUT2D eigenvalue weighted by molar-refractivity contribution is -0.133. The van der Waals surface area contributed by atoms with Crippen molar-refractivity contribution in [3.8, 4) is 0 Å². The van der Waals surface area contributed by atoms with E-state index < -0.39 is 0 Å². The molecule has 0 bridgehead atoms. The number of likely N-dealkylation sites (N-methyl/N-ethyl adjacent to an activating group) is 1. The maximum Gasteiger partial charge on any atom is 0.242 e. The van der Waals surface area contributed by atoms with E-state index in [0.717, 1.165) is 55.4 Å². The van der Waals surface area contributed by atoms with E-state index >= 15 is 0 Å². The van der Waals surface area contributed by atoms with E-state index in [4.69, 9.17) is 0 Å². The Morgan fingerprint density at radius 3 is 2.84 bits per heavy atom. The largest absolute Gasteiger partial charge is 0.341 e. The first-order valence-electron chi connectivity index (χ1n) is 15.3. The van der Waals surface area contributed by atoms with Crippen LogP contribution >= 0.6 is 0 Å². The Balaban J connectivity index is 1.06. The van der Waals surface area contributed by atoms with Gasteiger partial charge in [0.25, 0.3) is 0 Å². The van der Waals surface area contributed by atoms with Crippen molar-refractivity contribution in [2.45, 2.75) is 96.7 Å². The molecule has 0 radical (unpaired) electrons. The van der Waals surface area contributed by atoms with Crippen molar-refractivity contribution in [2.24, 2.45) is 34.5 Å². The molecule has 7 rings (SSSR count). The number of carbonyl (C=O) groups excluding carboxylic acids is 1. The Kier molecular flexibility index (Phi) is 5.63. The van der Waals surface area contributed by atoms with Crippen molar-refractivity contribution < 1.29 is 4.79 Å². The number of amides is 1. The molecule has 37 heavy (non-hydrogen) atoms. The molecule has 1 aromatic rings. The Morgan fingerprint density at radius 2 is 1.97 bits per heavy atom. The van der Waals surface area contributed by atoms with Crippen LogP contribution in [0, 0.1) is 34.5 Å². The Hall–Kier alpha value is -1.81. The maximum atomic E-state index is 13.4. The second kappa shape index (κ2) is 8.60. The zero-order valence-corrected chi connectivity index (χ0v) is 23.6. The molecule has 0 N–H and O–H groups in total. The fraction of sp³-hybridized carbons (Fsp3) is 0.727. The number of aromatic nitrogens is 1. The predicted octanol–water partition coefficient (Wildman–Crippen LogP) is 6.17. The number of fused-ring (bicyclic) bond motifs is 5. The second-order valence-electron chi connectivity index (χ2n) is 14.1. The summed E-state index contributed by atoms with van der Waals surface area (Å²) in [7, 11) is 4.45. The predicted molar refractivity (Wildman–Crippen MR) is 150 cm³/mol. The van der Waals surface area contributed by atoms with Gasteiger partial charge in [0.15, 0.2) is 0 Å². The van der Waals surface area contributed by atoms with Gasteiger partial charge in [0.2, 0.25) is 5.91 Å². The zero-order valence-electron chi connectivity index (χ0n) is 23.6. The molecule has 1 spiro atoms. The van der Waals surface area contributed by atoms with Gasteiger partial charge in [-0.25, -0.2) is 0 Å². The quantitative estimate of drug-likeness (QED) is 0.464. The van der Waals surface area contributed by atoms with Gasteiger partial charge in [-0.15, -0.1) is 0 Å². The average Bonchev–Trinajstić information content (AvgIpc) is 3.55. The molecule has 1 aliphatic heterocycles. The van der Waals surface area contributed by atoms with Crippen LogP contribution in [-0.4, -0.2) is 53.0 Å². The van der Waals surface area contributed by atoms with E-state index in [1.165, 1.54) is 56.3 Å². The van der Waals surface area contributed by atoms with Crippen molar-refractivity contribution >= 4 is 12.0 Å². The van der Waals surface area contributed by atoms with Gasteiger partial charge in [0.05, 0.1) is 0 Å². The van der Waals surface area contributed by atoms with Crippen molar-refractivity contribution in [3.63, 3.8) is 0 Å². The van der Waals surface area contributed by atoms with Crippen LogP contribution in [0.4, 0.5) is 0 Å². The number of allylic oxidation sites excluding steroid dienone is 2. The van der Waals surface area contributed by atoms with Crippen LogP contribution in [0.2, 0.25) is 0 Å². The molecule has 4 fully saturated rings. The molecule has 6 aliphatic rings. The fourth-order valence-corrected chi connectivity index (χ4v) is 10.8. The standard InChI is InChI=1S/C33H47N3O/c1-22-27-11-12-29-26-10-9-24-19-25(13-16-32(24,2)28(26)14-17-33(27,29)21-34(22)3)35(4)31(37)20-36-18-15-23-7-5-6-8-30(23)36/h5,7,9,15,18,22,25-29H,6,8,10-14,16-17,19-21H2,1-4H3/t22-,25-,26+,27+,28?,29-,32-,33-/m0/s1. The minimum absolute atomic E-state index is 0.270. The van der Waals surface area contributed by atoms with Gasteiger partial charge in [-0.1, -0.05) is 30.7 Å². The van der Waals surface area contributed by atoms with Gasteiger partial charge < -0.3 is 14.4 Å². The number of likely N-dealkylation sites (tertiary alicyclic amines) is 1. The van der Waals surface area contributed by atoms with E-state index in [1.54, 1.807) is 5.57 Å². The van der Waals surface area contributed by atoms with Gasteiger partial charge >= 0.3 is 0 Å². The summed E-state index contributed by atoms with van der Waals surface area (Å²) in [6.07, 6.45) is 22.0. The highest BCUT2D eigenvalue weighted by atomic mass is 16.2. The molecule has 0 aromatic carbocycles. The summed E-state index contributed by atoms with van der Waals surface area (Å²) < 4.78 is 2.20. The first-order chi connectivity index (χ1) is 17.8. The van der Waals surface area contributed by atoms with Gasteiger partial charge in [-0.2, -0.15) is 0 Å². The maximum absolute atomic E-state index is 13.4. The minimum Gasteiger partial charge on any atom is -0.341 e. The third-order valence-electron chi connectivity index (χ3n) is 12.9. The number of carbonyl (C=O) groups is 1. The van der Waals surface area contributed by atoms with E-state index in [0.29, 0.717) is 23.4 Å². The molecule has 1 unspecified atom stereocenters. The average molecular weight is 502 g/mol. The van der Waals surface area contributed by atoms with Crippen LogP contribution in [0.3, 0.4) is 0 Å². The lowest BCUT2D eigenvalue weighted by atomic mass is 9.47. The van der Waals surface area contributed by atoms with Gasteiger partial charge in [-0.05, 0) is 124 Å². The molecule has 3 saturated carbocycles. The summed E-state index contributed by atoms with van der Waals surface area (Å²) in [4.78, 5) is 18.2. The molecule has 4 nitrogen and oxygen atoms in total. The molecule has 2 heterocycles. The van der Waals surface area contributed by atoms with Crippen molar-refractivity contribution in [1.82, 2.24) is 14.4 Å². The highest BCUT2D eigenvalue weighted by molar-refractivity contribution is 5.76. The lowest BCUT2D eigenvalue weighted by Gasteiger charge is -2.58. The summed E-state index contributed by atoms with van der Waals surface area (Å²) in [5, 5.41) is 0. The molecular weight excluding hydrogens is 454 g/mol. The smallest absolute Gasteiger partial charge is 0.242 e. The lowest BCUT2D eigenvalue weighted by Crippen LogP contribution is -2.53. The molecule has 1 aromatic heterocycles. The van der Waals surface area contributed by atoms with Crippen molar-refractivity contribution in [2.75, 3.05) is 20.6 Å². The number of nitrogens with zero attached hydrogens (tertiary/aromatic N) is 3. The van der Waals surface area contributed by atoms with E-state index in [1.807, 2.05) is 0 Å². The molecule has 4 heteroatoms. The molecule has 1 amide bonds. The first-order valence-corrected chi connectivity index (χ1v) is 15.3. The third-order valence-corrected chi connectivity index (χ3v) is 12.9. The fourth-order valence-electron chi connectivity index (χ4n) is 10.8. The van der Waals surface area contributed by atoms with Crippen LogP contribution in [-0.2, 0) is 17.8 Å². The van der Waals surface area contributed by atoms with Crippen LogP contribution < -0.4 is 0 Å². The van der Waals surface area contributed by atoms with E-state index in [2.05, 4.69) is 72.8 Å². The second-order valence-corrected chi connectivity index (χ2v) is 14.1. The van der Waals surface area contributed by atoms with Crippen molar-refractivity contribution in [3.05, 3.63) is 41.2 Å². The van der Waals surface area contributed by atoms with Gasteiger partial charge in [0.1, 0.15) is 6.54 Å². The van der Waals surface area contributed by atoms with E-state index in [-0.39, 0.29) is 5.91 Å². The minimum atomic E-state index is 0.270. The number of hydrogen-bond acceptors (Lipinski definition) is 2. The molecular formula is C33H47N3O. The highest BCUT2D eigenvalue weighted by Gasteiger charge is 2.64. The molecule has 200 valence electrons. The Labute approximate surface area is 224 Å². The Morgan fingerprint density at radius 1 is 1.14 bits per heavy atom. The summed E-state index contributed by atoms with van der Waals surface area (Å²) in [6.45, 7) is 6.93. The SMILES string of the molecule is C[C@H]1[C@H]2CC[C@H]3[C@@H]4CC=C5C[C@@H](N(C)C(=O)Cn6ccc7c6CCC=C7)CC[C@]5(C)C4CC[C@]23CN1C. The topological polar surface area (TPSA) is 28.5 Å². The summed E-state index contributed by atoms with van der Waals surface area (Å²) in [5.74, 6) is 3.87. The number of rotatable bonds is 3. The van der Waals surface area contributed by atoms with Crippen molar-refractivity contribution in [1.29, 1.82) is 0 Å². The van der Waals surface area contributed by atoms with Crippen LogP contribution in [0.15, 0.2) is 30.0 Å². The molecule has 5 aliphatic carbocycles. The van der Waals surface area contributed by atoms with E-state index in [9.17, 15) is 4.79 Å². The normalized spacial score (nSPS) is 42.3. The summed E-state index contributed by atoms with van der Waals surface area (Å²) in [6, 6.07) is 3.28. The van der Waals surface area contributed by atoms with Gasteiger partial charge in [0, 0.05) is 37.6 Å². The Bertz CT molecular complexity index is 1150. The summed E-state index contributed by atoms with van der Waals surface area (Å²) >= 11 is 0. The monoisotopic (exact) mass is 501 g/mol.